The van der Waals surface area contributed by atoms with Crippen molar-refractivity contribution >= 4 is 5.84 Å². The Morgan fingerprint density at radius 3 is 2.90 bits per heavy atom. The van der Waals surface area contributed by atoms with Gasteiger partial charge < -0.3 is 15.5 Å². The quantitative estimate of drug-likeness (QED) is 0.238. The van der Waals surface area contributed by atoms with Gasteiger partial charge in [-0.2, -0.15) is 4.98 Å². The summed E-state index contributed by atoms with van der Waals surface area (Å²) in [7, 11) is 0. The van der Waals surface area contributed by atoms with Crippen LogP contribution < -0.4 is 5.73 Å². The topological polar surface area (TPSA) is 97.5 Å². The molecule has 0 fully saturated rings. The first-order chi connectivity index (χ1) is 4.74. The van der Waals surface area contributed by atoms with Crippen LogP contribution in [0, 0.1) is 6.92 Å². The van der Waals surface area contributed by atoms with E-state index in [4.69, 9.17) is 10.9 Å². The standard InChI is InChI=1S/C4H6N4O2/c1-2-6-4(8-10-2)3(5)7-9/h9H,1H3,(H2,5,7). The summed E-state index contributed by atoms with van der Waals surface area (Å²) >= 11 is 0. The average molecular weight is 142 g/mol. The SMILES string of the molecule is Cc1nc(/C(N)=N\O)no1. The van der Waals surface area contributed by atoms with Crippen molar-refractivity contribution in [2.24, 2.45) is 10.9 Å². The predicted molar refractivity (Wildman–Crippen MR) is 31.5 cm³/mol. The lowest BCUT2D eigenvalue weighted by molar-refractivity contribution is 0.317. The number of oxime groups is 1. The number of hydrogen-bond acceptors (Lipinski definition) is 5. The van der Waals surface area contributed by atoms with Crippen molar-refractivity contribution < 1.29 is 9.73 Å². The summed E-state index contributed by atoms with van der Waals surface area (Å²) in [6, 6.07) is 0. The van der Waals surface area contributed by atoms with Crippen LogP contribution >= 0.6 is 0 Å². The molecular weight excluding hydrogens is 136 g/mol. The molecule has 1 aromatic rings. The summed E-state index contributed by atoms with van der Waals surface area (Å²) in [4.78, 5) is 3.69. The number of amidine groups is 1. The molecule has 0 radical (unpaired) electrons. The lowest BCUT2D eigenvalue weighted by Crippen LogP contribution is -2.14. The highest BCUT2D eigenvalue weighted by atomic mass is 16.5. The van der Waals surface area contributed by atoms with E-state index in [1.165, 1.54) is 0 Å². The van der Waals surface area contributed by atoms with Gasteiger partial charge in [0.05, 0.1) is 0 Å². The minimum Gasteiger partial charge on any atom is -0.409 e. The Labute approximate surface area is 56.3 Å². The van der Waals surface area contributed by atoms with Gasteiger partial charge in [-0.25, -0.2) is 0 Å². The third-order valence-corrected chi connectivity index (χ3v) is 0.864. The fourth-order valence-corrected chi connectivity index (χ4v) is 0.448. The molecule has 0 aliphatic carbocycles. The Balaban J connectivity index is 2.95. The number of aryl methyl sites for hydroxylation is 1. The van der Waals surface area contributed by atoms with Crippen LogP contribution in [0.3, 0.4) is 0 Å². The zero-order chi connectivity index (χ0) is 7.56. The molecule has 0 atom stereocenters. The average Bonchev–Trinajstić information content (AvgIpc) is 2.34. The van der Waals surface area contributed by atoms with Crippen LogP contribution in [-0.2, 0) is 0 Å². The molecule has 10 heavy (non-hydrogen) atoms. The van der Waals surface area contributed by atoms with E-state index in [2.05, 4.69) is 19.8 Å². The molecule has 3 N–H and O–H groups in total. The normalized spacial score (nSPS) is 11.9. The highest BCUT2D eigenvalue weighted by molar-refractivity contribution is 5.93. The highest BCUT2D eigenvalue weighted by Gasteiger charge is 2.05. The molecule has 0 spiro atoms. The van der Waals surface area contributed by atoms with Gasteiger partial charge in [0.1, 0.15) is 0 Å². The molecule has 0 saturated heterocycles. The number of aromatic nitrogens is 2. The fraction of sp³-hybridized carbons (Fsp3) is 0.250. The molecule has 6 nitrogen and oxygen atoms in total. The Kier molecular flexibility index (Phi) is 1.53. The molecule has 0 aromatic carbocycles. The molecule has 1 heterocycles. The molecule has 0 aliphatic rings. The number of nitrogens with two attached hydrogens (primary N) is 1. The summed E-state index contributed by atoms with van der Waals surface area (Å²) < 4.78 is 4.55. The molecule has 0 saturated carbocycles. The van der Waals surface area contributed by atoms with Gasteiger partial charge in [0.2, 0.25) is 17.6 Å². The van der Waals surface area contributed by atoms with E-state index in [9.17, 15) is 0 Å². The summed E-state index contributed by atoms with van der Waals surface area (Å²) in [6.07, 6.45) is 0. The van der Waals surface area contributed by atoms with E-state index in [0.29, 0.717) is 5.89 Å². The van der Waals surface area contributed by atoms with Crippen LogP contribution in [0.25, 0.3) is 0 Å². The Morgan fingerprint density at radius 1 is 1.80 bits per heavy atom. The minimum absolute atomic E-state index is 0.0972. The first kappa shape index (κ1) is 6.53. The van der Waals surface area contributed by atoms with Gasteiger partial charge in [-0.05, 0) is 0 Å². The maximum atomic E-state index is 8.14. The van der Waals surface area contributed by atoms with Crippen LogP contribution in [0.5, 0.6) is 0 Å². The molecule has 1 rings (SSSR count). The number of rotatable bonds is 1. The second-order valence-electron chi connectivity index (χ2n) is 1.62. The second kappa shape index (κ2) is 2.34. The van der Waals surface area contributed by atoms with Crippen LogP contribution in [-0.4, -0.2) is 21.2 Å². The monoisotopic (exact) mass is 142 g/mol. The molecule has 0 unspecified atom stereocenters. The van der Waals surface area contributed by atoms with Gasteiger partial charge in [0.15, 0.2) is 0 Å². The molecule has 0 amide bonds. The first-order valence-corrected chi connectivity index (χ1v) is 2.52. The van der Waals surface area contributed by atoms with E-state index in [-0.39, 0.29) is 11.7 Å². The fourth-order valence-electron chi connectivity index (χ4n) is 0.448. The van der Waals surface area contributed by atoms with Crippen LogP contribution in [0.2, 0.25) is 0 Å². The second-order valence-corrected chi connectivity index (χ2v) is 1.62. The highest BCUT2D eigenvalue weighted by Crippen LogP contribution is 1.92. The van der Waals surface area contributed by atoms with Crippen molar-refractivity contribution in [3.05, 3.63) is 11.7 Å². The Morgan fingerprint density at radius 2 is 2.50 bits per heavy atom. The smallest absolute Gasteiger partial charge is 0.241 e. The van der Waals surface area contributed by atoms with Gasteiger partial charge in [-0.1, -0.05) is 10.3 Å². The van der Waals surface area contributed by atoms with E-state index in [1.807, 2.05) is 0 Å². The lowest BCUT2D eigenvalue weighted by Gasteiger charge is -1.83. The zero-order valence-corrected chi connectivity index (χ0v) is 5.27. The Hall–Kier alpha value is -1.59. The van der Waals surface area contributed by atoms with Crippen molar-refractivity contribution in [3.8, 4) is 0 Å². The van der Waals surface area contributed by atoms with E-state index in [1.54, 1.807) is 6.92 Å². The van der Waals surface area contributed by atoms with Gasteiger partial charge in [0, 0.05) is 6.92 Å². The van der Waals surface area contributed by atoms with Crippen molar-refractivity contribution in [2.45, 2.75) is 6.92 Å². The molecular formula is C4H6N4O2. The van der Waals surface area contributed by atoms with Crippen molar-refractivity contribution in [2.75, 3.05) is 0 Å². The molecule has 54 valence electrons. The number of hydrogen-bond donors (Lipinski definition) is 2. The molecule has 0 bridgehead atoms. The predicted octanol–water partition coefficient (Wildman–Crippen LogP) is -0.527. The third kappa shape index (κ3) is 1.04. The van der Waals surface area contributed by atoms with Crippen molar-refractivity contribution in [3.63, 3.8) is 0 Å². The molecule has 6 heteroatoms. The van der Waals surface area contributed by atoms with E-state index in [0.717, 1.165) is 0 Å². The molecule has 0 aliphatic heterocycles. The van der Waals surface area contributed by atoms with Gasteiger partial charge in [-0.15, -0.1) is 0 Å². The summed E-state index contributed by atoms with van der Waals surface area (Å²) in [5, 5.41) is 14.2. The van der Waals surface area contributed by atoms with Crippen molar-refractivity contribution in [1.82, 2.24) is 10.1 Å². The minimum atomic E-state index is -0.156. The van der Waals surface area contributed by atoms with Crippen LogP contribution in [0.15, 0.2) is 9.68 Å². The summed E-state index contributed by atoms with van der Waals surface area (Å²) in [5.74, 6) is 0.318. The summed E-state index contributed by atoms with van der Waals surface area (Å²) in [6.45, 7) is 1.61. The van der Waals surface area contributed by atoms with Gasteiger partial charge >= 0.3 is 0 Å². The van der Waals surface area contributed by atoms with E-state index >= 15 is 0 Å². The van der Waals surface area contributed by atoms with Crippen LogP contribution in [0.4, 0.5) is 0 Å². The largest absolute Gasteiger partial charge is 0.409 e. The van der Waals surface area contributed by atoms with Crippen LogP contribution in [0.1, 0.15) is 11.7 Å². The number of nitrogens with zero attached hydrogens (tertiary/aromatic N) is 3. The third-order valence-electron chi connectivity index (χ3n) is 0.864. The zero-order valence-electron chi connectivity index (χ0n) is 5.27. The Bertz CT molecular complexity index is 254. The first-order valence-electron chi connectivity index (χ1n) is 2.52. The maximum Gasteiger partial charge on any atom is 0.241 e. The van der Waals surface area contributed by atoms with Crippen molar-refractivity contribution in [1.29, 1.82) is 0 Å². The van der Waals surface area contributed by atoms with E-state index < -0.39 is 0 Å². The van der Waals surface area contributed by atoms with Gasteiger partial charge in [0.25, 0.3) is 0 Å². The maximum absolute atomic E-state index is 8.14. The summed E-state index contributed by atoms with van der Waals surface area (Å²) in [5.41, 5.74) is 5.12. The molecule has 1 aromatic heterocycles. The lowest BCUT2D eigenvalue weighted by atomic mass is 10.6. The van der Waals surface area contributed by atoms with Gasteiger partial charge in [-0.3, -0.25) is 0 Å².